The van der Waals surface area contributed by atoms with E-state index in [-0.39, 0.29) is 17.4 Å². The maximum Gasteiger partial charge on any atom is 0.240 e. The minimum Gasteiger partial charge on any atom is -0.389 e. The Bertz CT molecular complexity index is 568. The van der Waals surface area contributed by atoms with Gasteiger partial charge in [0.15, 0.2) is 0 Å². The number of rotatable bonds is 6. The van der Waals surface area contributed by atoms with Crippen molar-refractivity contribution in [2.24, 2.45) is 5.92 Å². The summed E-state index contributed by atoms with van der Waals surface area (Å²) in [5.41, 5.74) is -0.782. The molecule has 1 atom stereocenters. The van der Waals surface area contributed by atoms with Gasteiger partial charge in [-0.1, -0.05) is 13.8 Å². The number of benzene rings is 1. The van der Waals surface area contributed by atoms with Crippen molar-refractivity contribution in [2.75, 3.05) is 6.54 Å². The standard InChI is InChI=1S/C14H22FNO3S/c1-10(2)8-14(4,17)9-16-20(18,19)13-6-5-12(15)7-11(13)3/h5-7,10,16-17H,8-9H2,1-4H3. The van der Waals surface area contributed by atoms with E-state index in [9.17, 15) is 17.9 Å². The Morgan fingerprint density at radius 3 is 2.50 bits per heavy atom. The van der Waals surface area contributed by atoms with Crippen molar-refractivity contribution in [1.82, 2.24) is 4.72 Å². The van der Waals surface area contributed by atoms with Gasteiger partial charge in [0, 0.05) is 6.54 Å². The lowest BCUT2D eigenvalue weighted by atomic mass is 9.95. The van der Waals surface area contributed by atoms with Gasteiger partial charge in [-0.2, -0.15) is 0 Å². The van der Waals surface area contributed by atoms with E-state index in [1.54, 1.807) is 6.92 Å². The van der Waals surface area contributed by atoms with Gasteiger partial charge in [-0.25, -0.2) is 17.5 Å². The van der Waals surface area contributed by atoms with E-state index in [1.165, 1.54) is 19.1 Å². The molecule has 114 valence electrons. The highest BCUT2D eigenvalue weighted by atomic mass is 32.2. The van der Waals surface area contributed by atoms with E-state index in [0.717, 1.165) is 6.07 Å². The summed E-state index contributed by atoms with van der Waals surface area (Å²) < 4.78 is 39.7. The van der Waals surface area contributed by atoms with Crippen molar-refractivity contribution in [3.8, 4) is 0 Å². The van der Waals surface area contributed by atoms with Crippen LogP contribution in [0.1, 0.15) is 32.8 Å². The van der Waals surface area contributed by atoms with Crippen LogP contribution < -0.4 is 4.72 Å². The summed E-state index contributed by atoms with van der Waals surface area (Å²) in [6, 6.07) is 3.50. The fourth-order valence-electron chi connectivity index (χ4n) is 2.19. The molecule has 0 fully saturated rings. The molecule has 20 heavy (non-hydrogen) atoms. The summed E-state index contributed by atoms with van der Waals surface area (Å²) in [6.07, 6.45) is 0.484. The molecule has 6 heteroatoms. The Morgan fingerprint density at radius 2 is 2.00 bits per heavy atom. The molecule has 0 saturated heterocycles. The van der Waals surface area contributed by atoms with Gasteiger partial charge in [0.2, 0.25) is 10.0 Å². The quantitative estimate of drug-likeness (QED) is 0.847. The van der Waals surface area contributed by atoms with Crippen LogP contribution in [0.25, 0.3) is 0 Å². The second kappa shape index (κ2) is 6.20. The molecule has 1 rings (SSSR count). The third kappa shape index (κ3) is 4.85. The second-order valence-electron chi connectivity index (χ2n) is 5.83. The summed E-state index contributed by atoms with van der Waals surface area (Å²) in [6.45, 7) is 6.95. The average Bonchev–Trinajstić information content (AvgIpc) is 2.24. The van der Waals surface area contributed by atoms with Crippen LogP contribution in [-0.2, 0) is 10.0 Å². The highest BCUT2D eigenvalue weighted by Crippen LogP contribution is 2.19. The molecule has 0 aliphatic carbocycles. The van der Waals surface area contributed by atoms with Gasteiger partial charge in [-0.3, -0.25) is 0 Å². The molecule has 0 aliphatic rings. The third-order valence-electron chi connectivity index (χ3n) is 2.92. The lowest BCUT2D eigenvalue weighted by Gasteiger charge is -2.25. The molecular formula is C14H22FNO3S. The third-order valence-corrected chi connectivity index (χ3v) is 4.48. The number of hydrogen-bond acceptors (Lipinski definition) is 3. The summed E-state index contributed by atoms with van der Waals surface area (Å²) in [5.74, 6) is -0.227. The van der Waals surface area contributed by atoms with Crippen LogP contribution in [-0.4, -0.2) is 25.7 Å². The van der Waals surface area contributed by atoms with Crippen molar-refractivity contribution in [3.63, 3.8) is 0 Å². The predicted octanol–water partition coefficient (Wildman–Crippen LogP) is 2.21. The summed E-state index contributed by atoms with van der Waals surface area (Å²) >= 11 is 0. The summed E-state index contributed by atoms with van der Waals surface area (Å²) in [7, 11) is -3.75. The monoisotopic (exact) mass is 303 g/mol. The van der Waals surface area contributed by atoms with E-state index in [4.69, 9.17) is 0 Å². The van der Waals surface area contributed by atoms with Crippen LogP contribution in [0, 0.1) is 18.7 Å². The molecule has 2 N–H and O–H groups in total. The number of halogens is 1. The van der Waals surface area contributed by atoms with E-state index >= 15 is 0 Å². The zero-order valence-electron chi connectivity index (χ0n) is 12.3. The van der Waals surface area contributed by atoms with E-state index in [2.05, 4.69) is 4.72 Å². The summed E-state index contributed by atoms with van der Waals surface area (Å²) in [4.78, 5) is 0.0271. The van der Waals surface area contributed by atoms with Crippen LogP contribution in [0.2, 0.25) is 0 Å². The molecule has 1 aromatic rings. The molecule has 0 aromatic heterocycles. The van der Waals surface area contributed by atoms with Gasteiger partial charge < -0.3 is 5.11 Å². The topological polar surface area (TPSA) is 66.4 Å². The lowest BCUT2D eigenvalue weighted by molar-refractivity contribution is 0.0436. The van der Waals surface area contributed by atoms with E-state index in [0.29, 0.717) is 12.0 Å². The number of aliphatic hydroxyl groups is 1. The van der Waals surface area contributed by atoms with Gasteiger partial charge >= 0.3 is 0 Å². The van der Waals surface area contributed by atoms with Gasteiger partial charge in [0.25, 0.3) is 0 Å². The van der Waals surface area contributed by atoms with Gasteiger partial charge in [0.05, 0.1) is 10.5 Å². The molecule has 0 heterocycles. The first-order valence-electron chi connectivity index (χ1n) is 6.52. The SMILES string of the molecule is Cc1cc(F)ccc1S(=O)(=O)NCC(C)(O)CC(C)C. The molecule has 0 spiro atoms. The van der Waals surface area contributed by atoms with Crippen molar-refractivity contribution in [2.45, 2.75) is 44.6 Å². The smallest absolute Gasteiger partial charge is 0.240 e. The first-order chi connectivity index (χ1) is 9.03. The average molecular weight is 303 g/mol. The highest BCUT2D eigenvalue weighted by molar-refractivity contribution is 7.89. The van der Waals surface area contributed by atoms with Crippen molar-refractivity contribution in [3.05, 3.63) is 29.6 Å². The molecule has 0 bridgehead atoms. The van der Waals surface area contributed by atoms with Gasteiger partial charge in [0.1, 0.15) is 5.82 Å². The molecule has 1 aromatic carbocycles. The van der Waals surface area contributed by atoms with Crippen LogP contribution in [0.4, 0.5) is 4.39 Å². The predicted molar refractivity (Wildman–Crippen MR) is 76.4 cm³/mol. The molecule has 0 saturated carbocycles. The fourth-order valence-corrected chi connectivity index (χ4v) is 3.58. The number of hydrogen-bond donors (Lipinski definition) is 2. The molecule has 4 nitrogen and oxygen atoms in total. The fraction of sp³-hybridized carbons (Fsp3) is 0.571. The normalized spacial score (nSPS) is 15.3. The van der Waals surface area contributed by atoms with Crippen molar-refractivity contribution >= 4 is 10.0 Å². The van der Waals surface area contributed by atoms with Crippen LogP contribution >= 0.6 is 0 Å². The Labute approximate surface area is 120 Å². The van der Waals surface area contributed by atoms with Gasteiger partial charge in [-0.15, -0.1) is 0 Å². The van der Waals surface area contributed by atoms with Gasteiger partial charge in [-0.05, 0) is 49.9 Å². The molecular weight excluding hydrogens is 281 g/mol. The maximum absolute atomic E-state index is 13.0. The Hall–Kier alpha value is -0.980. The number of aryl methyl sites for hydroxylation is 1. The van der Waals surface area contributed by atoms with E-state index in [1.807, 2.05) is 13.8 Å². The molecule has 1 unspecified atom stereocenters. The lowest BCUT2D eigenvalue weighted by Crippen LogP contribution is -2.41. The Morgan fingerprint density at radius 1 is 1.40 bits per heavy atom. The van der Waals surface area contributed by atoms with E-state index < -0.39 is 21.4 Å². The summed E-state index contributed by atoms with van der Waals surface area (Å²) in [5, 5.41) is 10.1. The number of nitrogens with one attached hydrogen (secondary N) is 1. The maximum atomic E-state index is 13.0. The zero-order chi connectivity index (χ0) is 15.6. The number of sulfonamides is 1. The largest absolute Gasteiger partial charge is 0.389 e. The Balaban J connectivity index is 2.85. The molecule has 0 aliphatic heterocycles. The second-order valence-corrected chi connectivity index (χ2v) is 7.56. The molecule has 0 radical (unpaired) electrons. The van der Waals surface area contributed by atoms with Crippen LogP contribution in [0.15, 0.2) is 23.1 Å². The minimum absolute atomic E-state index is 0.0271. The zero-order valence-corrected chi connectivity index (χ0v) is 13.1. The van der Waals surface area contributed by atoms with Crippen LogP contribution in [0.3, 0.4) is 0 Å². The first kappa shape index (κ1) is 17.1. The first-order valence-corrected chi connectivity index (χ1v) is 8.00. The minimum atomic E-state index is -3.75. The Kier molecular flexibility index (Phi) is 5.29. The van der Waals surface area contributed by atoms with Crippen molar-refractivity contribution < 1.29 is 17.9 Å². The molecule has 0 amide bonds. The highest BCUT2D eigenvalue weighted by Gasteiger charge is 2.25. The van der Waals surface area contributed by atoms with Crippen LogP contribution in [0.5, 0.6) is 0 Å². The van der Waals surface area contributed by atoms with Crippen molar-refractivity contribution in [1.29, 1.82) is 0 Å².